The van der Waals surface area contributed by atoms with E-state index in [9.17, 15) is 24.3 Å². The molecule has 0 aromatic heterocycles. The molecule has 0 radical (unpaired) electrons. The number of fused-ring (bicyclic) bond motifs is 1. The van der Waals surface area contributed by atoms with Gasteiger partial charge in [-0.15, -0.1) is 13.2 Å². The fourth-order valence-electron chi connectivity index (χ4n) is 7.54. The molecule has 2 N–H and O–H groups in total. The van der Waals surface area contributed by atoms with Gasteiger partial charge in [-0.1, -0.05) is 49.4 Å². The Bertz CT molecular complexity index is 1310. The van der Waals surface area contributed by atoms with Gasteiger partial charge in [0.1, 0.15) is 17.7 Å². The van der Waals surface area contributed by atoms with Crippen LogP contribution in [0.2, 0.25) is 0 Å². The molecule has 2 bridgehead atoms. The number of aliphatic hydroxyl groups is 1. The molecule has 0 aliphatic carbocycles. The predicted octanol–water partition coefficient (Wildman–Crippen LogP) is 3.33. The highest BCUT2D eigenvalue weighted by molar-refractivity contribution is 5.98. The first kappa shape index (κ1) is 36.3. The number of carbonyl (C=O) groups excluding carboxylic acids is 4. The monoisotopic (exact) mass is 653 g/mol. The first-order valence-corrected chi connectivity index (χ1v) is 16.6. The van der Waals surface area contributed by atoms with E-state index in [4.69, 9.17) is 14.2 Å². The first-order chi connectivity index (χ1) is 22.4. The standard InChI is InChI=1S/C36H51N3O8/c1-8-11-17-27(41)37-25(22-45-7)30(23-15-13-12-14-16-23)46-34(44)28-26-18-19-36(47-26)29(28)32(42)39(24(10-3)21-40)31(36)33(43)38(20-9-2)35(4,5)6/h8-9,12-16,24-26,28-31,40H,1-2,10-11,17-22H2,3-7H3,(H,37,41)/t24-,25+,26-,28+,29+,30+,31-,36+/m0/s1. The zero-order valence-electron chi connectivity index (χ0n) is 28.4. The molecule has 3 fully saturated rings. The molecule has 258 valence electrons. The number of carbonyl (C=O) groups is 4. The SMILES string of the molecule is C=CCCC(=O)N[C@H](COC)[C@H](OC(=O)[C@@H]1[C@@H]2CC[C@]3(O2)[C@H](C(=O)N(CC=C)C(C)(C)C)N([C@@H](CC)CO)C(=O)[C@@H]13)c1ccccc1. The van der Waals surface area contributed by atoms with Gasteiger partial charge in [0.25, 0.3) is 0 Å². The molecule has 3 heterocycles. The van der Waals surface area contributed by atoms with E-state index < -0.39 is 65.2 Å². The van der Waals surface area contributed by atoms with E-state index in [1.165, 1.54) is 12.0 Å². The van der Waals surface area contributed by atoms with Gasteiger partial charge in [0.2, 0.25) is 17.7 Å². The second-order valence-electron chi connectivity index (χ2n) is 13.7. The maximum atomic E-state index is 14.5. The third-order valence-corrected chi connectivity index (χ3v) is 9.71. The highest BCUT2D eigenvalue weighted by atomic mass is 16.6. The minimum atomic E-state index is -1.26. The summed E-state index contributed by atoms with van der Waals surface area (Å²) in [5, 5.41) is 13.3. The molecule has 1 spiro atoms. The van der Waals surface area contributed by atoms with Gasteiger partial charge in [-0.2, -0.15) is 0 Å². The Hall–Kier alpha value is -3.54. The summed E-state index contributed by atoms with van der Waals surface area (Å²) in [5.41, 5.74) is -1.21. The molecule has 11 nitrogen and oxygen atoms in total. The summed E-state index contributed by atoms with van der Waals surface area (Å²) in [6, 6.07) is 6.68. The Balaban J connectivity index is 1.73. The number of rotatable bonds is 16. The number of methoxy groups -OCH3 is 1. The van der Waals surface area contributed by atoms with Crippen LogP contribution in [0.25, 0.3) is 0 Å². The zero-order valence-corrected chi connectivity index (χ0v) is 28.4. The molecule has 3 saturated heterocycles. The average molecular weight is 654 g/mol. The molecule has 1 aromatic carbocycles. The summed E-state index contributed by atoms with van der Waals surface area (Å²) in [5.74, 6) is -3.56. The van der Waals surface area contributed by atoms with Gasteiger partial charge < -0.3 is 34.4 Å². The number of hydrogen-bond donors (Lipinski definition) is 2. The molecular formula is C36H51N3O8. The maximum absolute atomic E-state index is 14.5. The number of benzene rings is 1. The Morgan fingerprint density at radius 2 is 1.91 bits per heavy atom. The van der Waals surface area contributed by atoms with Crippen molar-refractivity contribution in [3.8, 4) is 0 Å². The molecule has 3 aliphatic rings. The third-order valence-electron chi connectivity index (χ3n) is 9.71. The quantitative estimate of drug-likeness (QED) is 0.205. The number of nitrogens with zero attached hydrogens (tertiary/aromatic N) is 2. The Morgan fingerprint density at radius 3 is 2.49 bits per heavy atom. The van der Waals surface area contributed by atoms with E-state index in [2.05, 4.69) is 18.5 Å². The highest BCUT2D eigenvalue weighted by Gasteiger charge is 2.76. The summed E-state index contributed by atoms with van der Waals surface area (Å²) >= 11 is 0. The van der Waals surface area contributed by atoms with Crippen molar-refractivity contribution in [2.24, 2.45) is 11.8 Å². The maximum Gasteiger partial charge on any atom is 0.313 e. The fraction of sp³-hybridized carbons (Fsp3) is 0.611. The minimum Gasteiger partial charge on any atom is -0.455 e. The molecular weight excluding hydrogens is 602 g/mol. The van der Waals surface area contributed by atoms with E-state index in [0.29, 0.717) is 31.2 Å². The van der Waals surface area contributed by atoms with Gasteiger partial charge >= 0.3 is 5.97 Å². The van der Waals surface area contributed by atoms with E-state index in [1.54, 1.807) is 29.2 Å². The van der Waals surface area contributed by atoms with Gasteiger partial charge in [-0.25, -0.2) is 0 Å². The van der Waals surface area contributed by atoms with Crippen molar-refractivity contribution in [1.82, 2.24) is 15.1 Å². The van der Waals surface area contributed by atoms with Crippen LogP contribution in [-0.2, 0) is 33.4 Å². The van der Waals surface area contributed by atoms with Crippen molar-refractivity contribution in [3.63, 3.8) is 0 Å². The Kier molecular flexibility index (Phi) is 11.7. The third kappa shape index (κ3) is 7.03. The number of amides is 3. The number of likely N-dealkylation sites (tertiary alicyclic amines) is 1. The molecule has 47 heavy (non-hydrogen) atoms. The van der Waals surface area contributed by atoms with Crippen molar-refractivity contribution in [2.75, 3.05) is 26.9 Å². The van der Waals surface area contributed by atoms with Crippen LogP contribution in [0.3, 0.4) is 0 Å². The first-order valence-electron chi connectivity index (χ1n) is 16.6. The second-order valence-corrected chi connectivity index (χ2v) is 13.7. The lowest BCUT2D eigenvalue weighted by Gasteiger charge is -2.43. The van der Waals surface area contributed by atoms with Gasteiger partial charge in [-0.3, -0.25) is 19.2 Å². The lowest BCUT2D eigenvalue weighted by atomic mass is 9.70. The molecule has 8 atom stereocenters. The van der Waals surface area contributed by atoms with E-state index in [0.717, 1.165) is 0 Å². The number of ether oxygens (including phenoxy) is 3. The van der Waals surface area contributed by atoms with Crippen molar-refractivity contribution >= 4 is 23.7 Å². The van der Waals surface area contributed by atoms with Crippen molar-refractivity contribution in [2.45, 2.75) is 101 Å². The summed E-state index contributed by atoms with van der Waals surface area (Å²) in [6.07, 6.45) is 3.71. The molecule has 3 amide bonds. The lowest BCUT2D eigenvalue weighted by molar-refractivity contribution is -0.163. The topological polar surface area (TPSA) is 135 Å². The summed E-state index contributed by atoms with van der Waals surface area (Å²) in [6.45, 7) is 15.1. The summed E-state index contributed by atoms with van der Waals surface area (Å²) in [7, 11) is 1.50. The largest absolute Gasteiger partial charge is 0.455 e. The lowest BCUT2D eigenvalue weighted by Crippen LogP contribution is -2.61. The Labute approximate surface area is 278 Å². The number of allylic oxidation sites excluding steroid dienone is 1. The second kappa shape index (κ2) is 15.1. The average Bonchev–Trinajstić information content (AvgIpc) is 3.69. The zero-order chi connectivity index (χ0) is 34.5. The van der Waals surface area contributed by atoms with Gasteiger partial charge in [0.05, 0.1) is 43.2 Å². The van der Waals surface area contributed by atoms with Crippen LogP contribution in [0.15, 0.2) is 55.6 Å². The van der Waals surface area contributed by atoms with Gasteiger partial charge in [0.15, 0.2) is 0 Å². The number of esters is 1. The molecule has 1 aromatic rings. The van der Waals surface area contributed by atoms with Crippen molar-refractivity contribution in [1.29, 1.82) is 0 Å². The summed E-state index contributed by atoms with van der Waals surface area (Å²) < 4.78 is 18.3. The van der Waals surface area contributed by atoms with E-state index >= 15 is 0 Å². The van der Waals surface area contributed by atoms with Crippen LogP contribution in [0.1, 0.15) is 71.5 Å². The fourth-order valence-corrected chi connectivity index (χ4v) is 7.54. The van der Waals surface area contributed by atoms with E-state index in [-0.39, 0.29) is 38.0 Å². The van der Waals surface area contributed by atoms with Crippen LogP contribution >= 0.6 is 0 Å². The molecule has 4 rings (SSSR count). The van der Waals surface area contributed by atoms with Crippen LogP contribution in [-0.4, -0.2) is 101 Å². The molecule has 0 unspecified atom stereocenters. The van der Waals surface area contributed by atoms with Gasteiger partial charge in [0, 0.05) is 25.6 Å². The van der Waals surface area contributed by atoms with Gasteiger partial charge in [-0.05, 0) is 52.0 Å². The molecule has 3 aliphatic heterocycles. The number of aliphatic hydroxyl groups excluding tert-OH is 1. The number of nitrogens with one attached hydrogen (secondary N) is 1. The smallest absolute Gasteiger partial charge is 0.313 e. The summed E-state index contributed by atoms with van der Waals surface area (Å²) in [4.78, 5) is 59.3. The van der Waals surface area contributed by atoms with Crippen molar-refractivity contribution < 1.29 is 38.5 Å². The predicted molar refractivity (Wildman–Crippen MR) is 176 cm³/mol. The van der Waals surface area contributed by atoms with Crippen LogP contribution in [0.4, 0.5) is 0 Å². The normalized spacial score (nSPS) is 26.7. The van der Waals surface area contributed by atoms with Crippen LogP contribution in [0, 0.1) is 11.8 Å². The van der Waals surface area contributed by atoms with Crippen LogP contribution in [0.5, 0.6) is 0 Å². The molecule has 11 heteroatoms. The minimum absolute atomic E-state index is 0.0640. The van der Waals surface area contributed by atoms with E-state index in [1.807, 2.05) is 45.9 Å². The van der Waals surface area contributed by atoms with Crippen LogP contribution < -0.4 is 5.32 Å². The Morgan fingerprint density at radius 1 is 1.21 bits per heavy atom. The molecule has 0 saturated carbocycles. The highest BCUT2D eigenvalue weighted by Crippen LogP contribution is 2.59. The van der Waals surface area contributed by atoms with Crippen molar-refractivity contribution in [3.05, 3.63) is 61.2 Å². The number of hydrogen-bond acceptors (Lipinski definition) is 8.